The highest BCUT2D eigenvalue weighted by atomic mass is 16.1. The first-order chi connectivity index (χ1) is 9.31. The van der Waals surface area contributed by atoms with Crippen molar-refractivity contribution in [2.45, 2.75) is 19.3 Å². The lowest BCUT2D eigenvalue weighted by Gasteiger charge is -2.16. The monoisotopic (exact) mass is 254 g/mol. The smallest absolute Gasteiger partial charge is 0.269 e. The first-order valence-electron chi connectivity index (χ1n) is 6.55. The van der Waals surface area contributed by atoms with E-state index in [4.69, 9.17) is 0 Å². The lowest BCUT2D eigenvalue weighted by Crippen LogP contribution is -2.28. The summed E-state index contributed by atoms with van der Waals surface area (Å²) in [7, 11) is 0. The highest BCUT2D eigenvalue weighted by Gasteiger charge is 2.12. The van der Waals surface area contributed by atoms with Crippen LogP contribution in [0.4, 0.5) is 0 Å². The average Bonchev–Trinajstić information content (AvgIpc) is 2.49. The molecule has 0 aliphatic carbocycles. The van der Waals surface area contributed by atoms with Gasteiger partial charge in [0.2, 0.25) is 0 Å². The van der Waals surface area contributed by atoms with Gasteiger partial charge in [-0.1, -0.05) is 43.3 Å². The number of pyridine rings is 1. The number of rotatable bonds is 5. The van der Waals surface area contributed by atoms with Gasteiger partial charge in [-0.15, -0.1) is 0 Å². The zero-order valence-electron chi connectivity index (χ0n) is 11.0. The molecule has 0 saturated heterocycles. The van der Waals surface area contributed by atoms with E-state index in [1.165, 1.54) is 5.56 Å². The highest BCUT2D eigenvalue weighted by molar-refractivity contribution is 5.92. The van der Waals surface area contributed by atoms with Crippen LogP contribution < -0.4 is 5.32 Å². The van der Waals surface area contributed by atoms with Crippen molar-refractivity contribution in [3.63, 3.8) is 0 Å². The molecule has 0 saturated carbocycles. The molecule has 0 fully saturated rings. The zero-order chi connectivity index (χ0) is 13.5. The standard InChI is InChI=1S/C16H18N2O/c1-2-13(14-8-4-3-5-9-14)12-18-16(19)15-10-6-7-11-17-15/h3-11,13H,2,12H2,1H3,(H,18,19)/t13-/m0/s1. The Bertz CT molecular complexity index is 511. The molecule has 3 nitrogen and oxygen atoms in total. The molecule has 0 bridgehead atoms. The van der Waals surface area contributed by atoms with E-state index < -0.39 is 0 Å². The molecule has 1 atom stereocenters. The molecule has 0 aliphatic heterocycles. The van der Waals surface area contributed by atoms with Crippen LogP contribution in [0.25, 0.3) is 0 Å². The molecule has 1 N–H and O–H groups in total. The molecule has 1 amide bonds. The fraction of sp³-hybridized carbons (Fsp3) is 0.250. The van der Waals surface area contributed by atoms with Gasteiger partial charge in [0, 0.05) is 18.7 Å². The zero-order valence-corrected chi connectivity index (χ0v) is 11.0. The Labute approximate surface area is 113 Å². The van der Waals surface area contributed by atoms with Gasteiger partial charge < -0.3 is 5.32 Å². The summed E-state index contributed by atoms with van der Waals surface area (Å²) < 4.78 is 0. The Balaban J connectivity index is 1.96. The lowest BCUT2D eigenvalue weighted by molar-refractivity contribution is 0.0946. The van der Waals surface area contributed by atoms with Gasteiger partial charge in [0.15, 0.2) is 0 Å². The van der Waals surface area contributed by atoms with Gasteiger partial charge in [-0.2, -0.15) is 0 Å². The predicted octanol–water partition coefficient (Wildman–Crippen LogP) is 3.01. The Morgan fingerprint density at radius 2 is 1.89 bits per heavy atom. The van der Waals surface area contributed by atoms with E-state index in [1.54, 1.807) is 18.3 Å². The van der Waals surface area contributed by atoms with E-state index in [2.05, 4.69) is 29.4 Å². The van der Waals surface area contributed by atoms with Crippen molar-refractivity contribution in [3.8, 4) is 0 Å². The van der Waals surface area contributed by atoms with Crippen molar-refractivity contribution in [1.29, 1.82) is 0 Å². The Morgan fingerprint density at radius 1 is 1.16 bits per heavy atom. The first kappa shape index (κ1) is 13.3. The summed E-state index contributed by atoms with van der Waals surface area (Å²) in [6, 6.07) is 15.6. The SMILES string of the molecule is CC[C@@H](CNC(=O)c1ccccn1)c1ccccc1. The van der Waals surface area contributed by atoms with Crippen LogP contribution in [-0.2, 0) is 0 Å². The topological polar surface area (TPSA) is 42.0 Å². The number of aromatic nitrogens is 1. The number of hydrogen-bond acceptors (Lipinski definition) is 2. The molecule has 2 aromatic rings. The summed E-state index contributed by atoms with van der Waals surface area (Å²) in [4.78, 5) is 16.0. The maximum atomic E-state index is 11.9. The summed E-state index contributed by atoms with van der Waals surface area (Å²) >= 11 is 0. The van der Waals surface area contributed by atoms with Gasteiger partial charge in [0.25, 0.3) is 5.91 Å². The summed E-state index contributed by atoms with van der Waals surface area (Å²) in [5.74, 6) is 0.226. The minimum atomic E-state index is -0.116. The molecule has 1 aromatic heterocycles. The van der Waals surface area contributed by atoms with Crippen LogP contribution in [0.15, 0.2) is 54.7 Å². The molecule has 1 aromatic carbocycles. The quantitative estimate of drug-likeness (QED) is 0.891. The van der Waals surface area contributed by atoms with E-state index >= 15 is 0 Å². The molecule has 1 heterocycles. The lowest BCUT2D eigenvalue weighted by atomic mass is 9.96. The maximum Gasteiger partial charge on any atom is 0.269 e. The first-order valence-corrected chi connectivity index (χ1v) is 6.55. The van der Waals surface area contributed by atoms with Gasteiger partial charge in [0.1, 0.15) is 5.69 Å². The molecule has 3 heteroatoms. The fourth-order valence-corrected chi connectivity index (χ4v) is 2.03. The number of carbonyl (C=O) groups is 1. The summed E-state index contributed by atoms with van der Waals surface area (Å²) in [5, 5.41) is 2.95. The maximum absolute atomic E-state index is 11.9. The molecule has 0 aliphatic rings. The number of nitrogens with one attached hydrogen (secondary N) is 1. The van der Waals surface area contributed by atoms with Crippen molar-refractivity contribution in [2.24, 2.45) is 0 Å². The Kier molecular flexibility index (Phi) is 4.67. The third kappa shape index (κ3) is 3.65. The van der Waals surface area contributed by atoms with Crippen LogP contribution in [0.2, 0.25) is 0 Å². The van der Waals surface area contributed by atoms with E-state index in [-0.39, 0.29) is 5.91 Å². The van der Waals surface area contributed by atoms with Crippen molar-refractivity contribution in [3.05, 3.63) is 66.0 Å². The van der Waals surface area contributed by atoms with Crippen molar-refractivity contribution in [2.75, 3.05) is 6.54 Å². The van der Waals surface area contributed by atoms with Crippen molar-refractivity contribution >= 4 is 5.91 Å². The van der Waals surface area contributed by atoms with Crippen LogP contribution in [0, 0.1) is 0 Å². The summed E-state index contributed by atoms with van der Waals surface area (Å²) in [6.07, 6.45) is 2.62. The summed E-state index contributed by atoms with van der Waals surface area (Å²) in [5.41, 5.74) is 1.72. The normalized spacial score (nSPS) is 11.8. The molecular formula is C16H18N2O. The highest BCUT2D eigenvalue weighted by Crippen LogP contribution is 2.17. The van der Waals surface area contributed by atoms with Gasteiger partial charge in [-0.05, 0) is 24.1 Å². The second-order valence-electron chi connectivity index (χ2n) is 4.44. The van der Waals surface area contributed by atoms with Gasteiger partial charge >= 0.3 is 0 Å². The van der Waals surface area contributed by atoms with E-state index in [1.807, 2.05) is 24.3 Å². The third-order valence-corrected chi connectivity index (χ3v) is 3.17. The van der Waals surface area contributed by atoms with Gasteiger partial charge in [-0.25, -0.2) is 0 Å². The Morgan fingerprint density at radius 3 is 2.53 bits per heavy atom. The third-order valence-electron chi connectivity index (χ3n) is 3.17. The Hall–Kier alpha value is -2.16. The molecule has 19 heavy (non-hydrogen) atoms. The second-order valence-corrected chi connectivity index (χ2v) is 4.44. The molecule has 2 rings (SSSR count). The largest absolute Gasteiger partial charge is 0.350 e. The average molecular weight is 254 g/mol. The molecule has 0 unspecified atom stereocenters. The van der Waals surface area contributed by atoms with Gasteiger partial charge in [-0.3, -0.25) is 9.78 Å². The van der Waals surface area contributed by atoms with Crippen molar-refractivity contribution < 1.29 is 4.79 Å². The van der Waals surface area contributed by atoms with E-state index in [0.29, 0.717) is 18.2 Å². The van der Waals surface area contributed by atoms with Crippen LogP contribution in [0.5, 0.6) is 0 Å². The second kappa shape index (κ2) is 6.69. The molecule has 0 spiro atoms. The van der Waals surface area contributed by atoms with Crippen LogP contribution in [0.3, 0.4) is 0 Å². The summed E-state index contributed by atoms with van der Waals surface area (Å²) in [6.45, 7) is 2.76. The predicted molar refractivity (Wildman–Crippen MR) is 76.0 cm³/mol. The molecule has 0 radical (unpaired) electrons. The fourth-order valence-electron chi connectivity index (χ4n) is 2.03. The molecular weight excluding hydrogens is 236 g/mol. The minimum absolute atomic E-state index is 0.116. The minimum Gasteiger partial charge on any atom is -0.350 e. The van der Waals surface area contributed by atoms with E-state index in [0.717, 1.165) is 6.42 Å². The number of amides is 1. The van der Waals surface area contributed by atoms with Crippen LogP contribution in [0.1, 0.15) is 35.3 Å². The van der Waals surface area contributed by atoms with Crippen molar-refractivity contribution in [1.82, 2.24) is 10.3 Å². The number of carbonyl (C=O) groups excluding carboxylic acids is 1. The van der Waals surface area contributed by atoms with Gasteiger partial charge in [0.05, 0.1) is 0 Å². The number of hydrogen-bond donors (Lipinski definition) is 1. The number of benzene rings is 1. The van der Waals surface area contributed by atoms with E-state index in [9.17, 15) is 4.79 Å². The molecule has 98 valence electrons. The van der Waals surface area contributed by atoms with Crippen LogP contribution >= 0.6 is 0 Å². The van der Waals surface area contributed by atoms with Crippen LogP contribution in [-0.4, -0.2) is 17.4 Å². The number of nitrogens with zero attached hydrogens (tertiary/aromatic N) is 1.